The highest BCUT2D eigenvalue weighted by molar-refractivity contribution is 5.84. The lowest BCUT2D eigenvalue weighted by atomic mass is 10.1. The molecule has 4 aromatic rings. The van der Waals surface area contributed by atoms with Gasteiger partial charge in [0, 0.05) is 28.7 Å². The maximum atomic E-state index is 5.53. The lowest BCUT2D eigenvalue weighted by Crippen LogP contribution is -1.97. The first-order chi connectivity index (χ1) is 13.1. The van der Waals surface area contributed by atoms with Crippen LogP contribution in [0.15, 0.2) is 53.2 Å². The zero-order chi connectivity index (χ0) is 19.0. The Kier molecular flexibility index (Phi) is 4.32. The fourth-order valence-corrected chi connectivity index (χ4v) is 3.26. The number of fused-ring (bicyclic) bond motifs is 1. The highest BCUT2D eigenvalue weighted by Crippen LogP contribution is 2.37. The van der Waals surface area contributed by atoms with Crippen LogP contribution in [0, 0.1) is 0 Å². The van der Waals surface area contributed by atoms with Crippen LogP contribution in [0.2, 0.25) is 0 Å². The molecule has 0 unspecified atom stereocenters. The molecule has 0 saturated carbocycles. The molecule has 0 saturated heterocycles. The van der Waals surface area contributed by atoms with Crippen LogP contribution < -0.4 is 9.47 Å². The first kappa shape index (κ1) is 17.1. The largest absolute Gasteiger partial charge is 0.496 e. The second-order valence-electron chi connectivity index (χ2n) is 6.55. The highest BCUT2D eigenvalue weighted by atomic mass is 16.5. The Morgan fingerprint density at radius 3 is 2.41 bits per heavy atom. The standard InChI is InChI=1S/C21H21N3O3/c1-13(2)24-11-10-14-12-15(8-9-16(14)24)21-22-20(23-27-21)19-17(25-3)6-5-7-18(19)26-4/h5-13H,1-4H3. The second-order valence-corrected chi connectivity index (χ2v) is 6.55. The predicted octanol–water partition coefficient (Wildman–Crippen LogP) is 4.96. The molecule has 0 fully saturated rings. The number of ether oxygens (including phenoxy) is 2. The van der Waals surface area contributed by atoms with Crippen LogP contribution in [0.3, 0.4) is 0 Å². The van der Waals surface area contributed by atoms with E-state index in [1.54, 1.807) is 14.2 Å². The summed E-state index contributed by atoms with van der Waals surface area (Å²) in [7, 11) is 3.21. The van der Waals surface area contributed by atoms with E-state index in [-0.39, 0.29) is 0 Å². The average Bonchev–Trinajstić information content (AvgIpc) is 3.33. The van der Waals surface area contributed by atoms with E-state index < -0.39 is 0 Å². The Hall–Kier alpha value is -3.28. The molecular weight excluding hydrogens is 342 g/mol. The van der Waals surface area contributed by atoms with Crippen molar-refractivity contribution in [2.75, 3.05) is 14.2 Å². The predicted molar refractivity (Wildman–Crippen MR) is 104 cm³/mol. The van der Waals surface area contributed by atoms with E-state index in [1.165, 1.54) is 5.52 Å². The van der Waals surface area contributed by atoms with E-state index in [4.69, 9.17) is 14.0 Å². The Balaban J connectivity index is 1.77. The van der Waals surface area contributed by atoms with Crippen molar-refractivity contribution in [1.82, 2.24) is 14.7 Å². The number of hydrogen-bond acceptors (Lipinski definition) is 5. The van der Waals surface area contributed by atoms with Gasteiger partial charge >= 0.3 is 0 Å². The SMILES string of the molecule is COc1cccc(OC)c1-c1noc(-c2ccc3c(ccn3C(C)C)c2)n1. The van der Waals surface area contributed by atoms with Crippen molar-refractivity contribution >= 4 is 10.9 Å². The zero-order valence-corrected chi connectivity index (χ0v) is 15.8. The summed E-state index contributed by atoms with van der Waals surface area (Å²) in [5, 5.41) is 5.28. The van der Waals surface area contributed by atoms with E-state index in [0.717, 1.165) is 10.9 Å². The molecule has 0 aliphatic heterocycles. The summed E-state index contributed by atoms with van der Waals surface area (Å²) in [6.07, 6.45) is 2.10. The minimum Gasteiger partial charge on any atom is -0.496 e. The van der Waals surface area contributed by atoms with Crippen molar-refractivity contribution in [1.29, 1.82) is 0 Å². The zero-order valence-electron chi connectivity index (χ0n) is 15.8. The molecule has 138 valence electrons. The summed E-state index contributed by atoms with van der Waals surface area (Å²) in [6, 6.07) is 14.2. The molecule has 27 heavy (non-hydrogen) atoms. The van der Waals surface area contributed by atoms with Crippen LogP contribution in [0.5, 0.6) is 11.5 Å². The fourth-order valence-electron chi connectivity index (χ4n) is 3.26. The van der Waals surface area contributed by atoms with E-state index in [1.807, 2.05) is 24.3 Å². The van der Waals surface area contributed by atoms with Crippen LogP contribution in [0.1, 0.15) is 19.9 Å². The number of nitrogens with zero attached hydrogens (tertiary/aromatic N) is 3. The third kappa shape index (κ3) is 2.93. The number of benzene rings is 2. The molecule has 2 heterocycles. The van der Waals surface area contributed by atoms with Crippen LogP contribution in [0.25, 0.3) is 33.7 Å². The molecule has 0 amide bonds. The van der Waals surface area contributed by atoms with Crippen molar-refractivity contribution in [2.24, 2.45) is 0 Å². The summed E-state index contributed by atoms with van der Waals surface area (Å²) in [5.41, 5.74) is 2.72. The van der Waals surface area contributed by atoms with Crippen molar-refractivity contribution in [3.8, 4) is 34.3 Å². The number of hydrogen-bond donors (Lipinski definition) is 0. The van der Waals surface area contributed by atoms with E-state index >= 15 is 0 Å². The Morgan fingerprint density at radius 1 is 1.00 bits per heavy atom. The Labute approximate surface area is 157 Å². The summed E-state index contributed by atoms with van der Waals surface area (Å²) in [4.78, 5) is 4.57. The minimum absolute atomic E-state index is 0.404. The first-order valence-corrected chi connectivity index (χ1v) is 8.78. The van der Waals surface area contributed by atoms with Crippen molar-refractivity contribution in [3.05, 3.63) is 48.7 Å². The molecule has 0 bridgehead atoms. The van der Waals surface area contributed by atoms with Gasteiger partial charge in [-0.2, -0.15) is 4.98 Å². The molecule has 4 rings (SSSR count). The maximum Gasteiger partial charge on any atom is 0.258 e. The topological polar surface area (TPSA) is 62.3 Å². The minimum atomic E-state index is 0.404. The molecule has 2 aromatic carbocycles. The van der Waals surface area contributed by atoms with Crippen LogP contribution in [-0.2, 0) is 0 Å². The molecule has 0 aliphatic rings. The monoisotopic (exact) mass is 363 g/mol. The Bertz CT molecular complexity index is 1070. The van der Waals surface area contributed by atoms with Gasteiger partial charge < -0.3 is 18.6 Å². The summed E-state index contributed by atoms with van der Waals surface area (Å²) >= 11 is 0. The average molecular weight is 363 g/mol. The van der Waals surface area contributed by atoms with Gasteiger partial charge in [-0.1, -0.05) is 11.2 Å². The Morgan fingerprint density at radius 2 is 1.74 bits per heavy atom. The molecule has 0 N–H and O–H groups in total. The molecule has 0 spiro atoms. The van der Waals surface area contributed by atoms with Gasteiger partial charge in [-0.05, 0) is 50.2 Å². The summed E-state index contributed by atoms with van der Waals surface area (Å²) in [5.74, 6) is 2.15. The number of rotatable bonds is 5. The van der Waals surface area contributed by atoms with Crippen LogP contribution >= 0.6 is 0 Å². The molecular formula is C21H21N3O3. The molecule has 0 atom stereocenters. The third-order valence-electron chi connectivity index (χ3n) is 4.60. The fraction of sp³-hybridized carbons (Fsp3) is 0.238. The molecule has 6 nitrogen and oxygen atoms in total. The third-order valence-corrected chi connectivity index (χ3v) is 4.60. The van der Waals surface area contributed by atoms with Crippen LogP contribution in [-0.4, -0.2) is 28.9 Å². The van der Waals surface area contributed by atoms with Gasteiger partial charge in [0.05, 0.1) is 14.2 Å². The van der Waals surface area contributed by atoms with Crippen molar-refractivity contribution in [3.63, 3.8) is 0 Å². The molecule has 0 aliphatic carbocycles. The maximum absolute atomic E-state index is 5.53. The van der Waals surface area contributed by atoms with E-state index in [0.29, 0.717) is 34.8 Å². The smallest absolute Gasteiger partial charge is 0.258 e. The summed E-state index contributed by atoms with van der Waals surface area (Å²) < 4.78 is 18.6. The van der Waals surface area contributed by atoms with Gasteiger partial charge in [-0.3, -0.25) is 0 Å². The van der Waals surface area contributed by atoms with Gasteiger partial charge in [0.15, 0.2) is 0 Å². The quantitative estimate of drug-likeness (QED) is 0.502. The molecule has 2 aromatic heterocycles. The number of methoxy groups -OCH3 is 2. The van der Waals surface area contributed by atoms with Gasteiger partial charge in [0.25, 0.3) is 5.89 Å². The second kappa shape index (κ2) is 6.79. The van der Waals surface area contributed by atoms with Crippen LogP contribution in [0.4, 0.5) is 0 Å². The van der Waals surface area contributed by atoms with Gasteiger partial charge in [0.2, 0.25) is 5.82 Å². The van der Waals surface area contributed by atoms with E-state index in [9.17, 15) is 0 Å². The van der Waals surface area contributed by atoms with E-state index in [2.05, 4.69) is 53.0 Å². The highest BCUT2D eigenvalue weighted by Gasteiger charge is 2.19. The lowest BCUT2D eigenvalue weighted by Gasteiger charge is -2.09. The van der Waals surface area contributed by atoms with Crippen molar-refractivity contribution in [2.45, 2.75) is 19.9 Å². The summed E-state index contributed by atoms with van der Waals surface area (Å²) in [6.45, 7) is 4.33. The normalized spacial score (nSPS) is 11.3. The van der Waals surface area contributed by atoms with Gasteiger partial charge in [-0.25, -0.2) is 0 Å². The first-order valence-electron chi connectivity index (χ1n) is 8.78. The van der Waals surface area contributed by atoms with Crippen molar-refractivity contribution < 1.29 is 14.0 Å². The van der Waals surface area contributed by atoms with Gasteiger partial charge in [0.1, 0.15) is 17.1 Å². The lowest BCUT2D eigenvalue weighted by molar-refractivity contribution is 0.394. The number of aromatic nitrogens is 3. The molecule has 0 radical (unpaired) electrons. The van der Waals surface area contributed by atoms with Gasteiger partial charge in [-0.15, -0.1) is 0 Å². The molecule has 6 heteroatoms.